The van der Waals surface area contributed by atoms with Gasteiger partial charge in [0, 0.05) is 6.61 Å². The van der Waals surface area contributed by atoms with E-state index in [4.69, 9.17) is 37.1 Å². The highest BCUT2D eigenvalue weighted by Gasteiger charge is 2.22. The number of alkyl halides is 2. The van der Waals surface area contributed by atoms with Crippen LogP contribution in [0.2, 0.25) is 0 Å². The Morgan fingerprint density at radius 1 is 1.27 bits per heavy atom. The maximum atomic E-state index is 5.92. The Morgan fingerprint density at radius 3 is 2.47 bits per heavy atom. The van der Waals surface area contributed by atoms with Gasteiger partial charge in [-0.3, -0.25) is 0 Å². The maximum Gasteiger partial charge on any atom is 0.154 e. The third-order valence-corrected chi connectivity index (χ3v) is 3.05. The van der Waals surface area contributed by atoms with Crippen molar-refractivity contribution in [1.82, 2.24) is 0 Å². The highest BCUT2D eigenvalue weighted by molar-refractivity contribution is 6.48. The lowest BCUT2D eigenvalue weighted by Crippen LogP contribution is -2.25. The SMILES string of the molecule is CCC(Cl)(Cl)COC(C)OCCCO[SiH3]. The predicted molar refractivity (Wildman–Crippen MR) is 66.6 cm³/mol. The Hall–Kier alpha value is 0.677. The van der Waals surface area contributed by atoms with E-state index >= 15 is 0 Å². The largest absolute Gasteiger partial charge is 0.428 e. The van der Waals surface area contributed by atoms with Gasteiger partial charge in [-0.2, -0.15) is 0 Å². The van der Waals surface area contributed by atoms with Crippen LogP contribution in [0.4, 0.5) is 0 Å². The normalized spacial score (nSPS) is 14.4. The minimum absolute atomic E-state index is 0.275. The molecule has 0 spiro atoms. The fourth-order valence-electron chi connectivity index (χ4n) is 0.842. The smallest absolute Gasteiger partial charge is 0.154 e. The van der Waals surface area contributed by atoms with E-state index in [0.29, 0.717) is 13.0 Å². The lowest BCUT2D eigenvalue weighted by atomic mass is 10.3. The summed E-state index contributed by atoms with van der Waals surface area (Å²) >= 11 is 11.8. The monoisotopic (exact) mass is 274 g/mol. The quantitative estimate of drug-likeness (QED) is 0.277. The zero-order valence-electron chi connectivity index (χ0n) is 9.59. The summed E-state index contributed by atoms with van der Waals surface area (Å²) in [5, 5.41) is 0. The van der Waals surface area contributed by atoms with Gasteiger partial charge in [0.15, 0.2) is 6.29 Å². The van der Waals surface area contributed by atoms with Crippen LogP contribution in [0.25, 0.3) is 0 Å². The van der Waals surface area contributed by atoms with Gasteiger partial charge in [0.2, 0.25) is 0 Å². The molecule has 0 fully saturated rings. The van der Waals surface area contributed by atoms with E-state index in [9.17, 15) is 0 Å². The summed E-state index contributed by atoms with van der Waals surface area (Å²) in [4.78, 5) is 0. The molecule has 0 amide bonds. The molecule has 0 aromatic carbocycles. The summed E-state index contributed by atoms with van der Waals surface area (Å²) in [6.45, 7) is 5.42. The van der Waals surface area contributed by atoms with E-state index in [-0.39, 0.29) is 12.9 Å². The molecule has 0 aliphatic heterocycles. The number of rotatable bonds is 9. The van der Waals surface area contributed by atoms with Gasteiger partial charge in [-0.1, -0.05) is 30.1 Å². The topological polar surface area (TPSA) is 27.7 Å². The summed E-state index contributed by atoms with van der Waals surface area (Å²) in [7, 11) is 0.776. The van der Waals surface area contributed by atoms with Gasteiger partial charge in [0.05, 0.1) is 13.2 Å². The molecule has 0 radical (unpaired) electrons. The van der Waals surface area contributed by atoms with Gasteiger partial charge in [-0.15, -0.1) is 0 Å². The fourth-order valence-corrected chi connectivity index (χ4v) is 1.26. The van der Waals surface area contributed by atoms with Crippen molar-refractivity contribution < 1.29 is 13.9 Å². The standard InChI is InChI=1S/C9H20Cl2O3Si/c1-3-9(10,11)7-13-8(2)12-5-4-6-14-15/h8H,3-7H2,1-2,15H3. The first-order valence-electron chi connectivity index (χ1n) is 5.12. The molecule has 3 nitrogen and oxygen atoms in total. The third kappa shape index (κ3) is 9.60. The van der Waals surface area contributed by atoms with Gasteiger partial charge >= 0.3 is 0 Å². The molecule has 0 aliphatic rings. The van der Waals surface area contributed by atoms with Crippen molar-refractivity contribution in [2.45, 2.75) is 37.3 Å². The molecule has 1 atom stereocenters. The third-order valence-electron chi connectivity index (χ3n) is 1.89. The first-order valence-corrected chi connectivity index (χ1v) is 6.69. The predicted octanol–water partition coefficient (Wildman–Crippen LogP) is 1.64. The first kappa shape index (κ1) is 15.7. The van der Waals surface area contributed by atoms with Gasteiger partial charge in [-0.05, 0) is 19.8 Å². The van der Waals surface area contributed by atoms with Crippen molar-refractivity contribution >= 4 is 33.7 Å². The van der Waals surface area contributed by atoms with Gasteiger partial charge in [0.25, 0.3) is 0 Å². The molecule has 0 aromatic heterocycles. The highest BCUT2D eigenvalue weighted by Crippen LogP contribution is 2.25. The van der Waals surface area contributed by atoms with Crippen LogP contribution in [0.15, 0.2) is 0 Å². The zero-order valence-corrected chi connectivity index (χ0v) is 13.1. The molecule has 1 unspecified atom stereocenters. The van der Waals surface area contributed by atoms with E-state index in [0.717, 1.165) is 23.5 Å². The summed E-state index contributed by atoms with van der Waals surface area (Å²) in [5.74, 6) is 0. The number of hydrogen-bond donors (Lipinski definition) is 0. The molecule has 0 aromatic rings. The van der Waals surface area contributed by atoms with Gasteiger partial charge in [0.1, 0.15) is 14.8 Å². The summed E-state index contributed by atoms with van der Waals surface area (Å²) in [6, 6.07) is 0. The fraction of sp³-hybridized carbons (Fsp3) is 1.00. The van der Waals surface area contributed by atoms with Crippen LogP contribution >= 0.6 is 23.2 Å². The highest BCUT2D eigenvalue weighted by atomic mass is 35.5. The van der Waals surface area contributed by atoms with E-state index in [1.807, 2.05) is 13.8 Å². The zero-order chi connectivity index (χ0) is 11.7. The van der Waals surface area contributed by atoms with E-state index in [1.165, 1.54) is 0 Å². The van der Waals surface area contributed by atoms with Crippen LogP contribution in [-0.4, -0.2) is 40.9 Å². The molecule has 6 heteroatoms. The van der Waals surface area contributed by atoms with Crippen LogP contribution < -0.4 is 0 Å². The minimum atomic E-state index is -0.810. The average molecular weight is 275 g/mol. The Balaban J connectivity index is 3.44. The second kappa shape index (κ2) is 8.79. The van der Waals surface area contributed by atoms with Crippen LogP contribution in [0, 0.1) is 0 Å². The first-order chi connectivity index (χ1) is 7.02. The molecule has 0 heterocycles. The van der Waals surface area contributed by atoms with Gasteiger partial charge in [-0.25, -0.2) is 0 Å². The van der Waals surface area contributed by atoms with Crippen molar-refractivity contribution in [3.63, 3.8) is 0 Å². The number of ether oxygens (including phenoxy) is 2. The van der Waals surface area contributed by atoms with Gasteiger partial charge < -0.3 is 13.9 Å². The molecule has 0 saturated heterocycles. The maximum absolute atomic E-state index is 5.92. The minimum Gasteiger partial charge on any atom is -0.428 e. The lowest BCUT2D eigenvalue weighted by Gasteiger charge is -2.20. The summed E-state index contributed by atoms with van der Waals surface area (Å²) < 4.78 is 15.0. The van der Waals surface area contributed by atoms with Crippen LogP contribution in [-0.2, 0) is 13.9 Å². The summed E-state index contributed by atoms with van der Waals surface area (Å²) in [6.07, 6.45) is 1.26. The molecule has 0 saturated carbocycles. The molecular formula is C9H20Cl2O3Si. The van der Waals surface area contributed by atoms with Crippen LogP contribution in [0.1, 0.15) is 26.7 Å². The Bertz CT molecular complexity index is 158. The lowest BCUT2D eigenvalue weighted by molar-refractivity contribution is -0.133. The molecule has 0 rings (SSSR count). The molecule has 0 aliphatic carbocycles. The van der Waals surface area contributed by atoms with E-state index < -0.39 is 4.33 Å². The van der Waals surface area contributed by atoms with E-state index in [1.54, 1.807) is 0 Å². The Morgan fingerprint density at radius 2 is 1.93 bits per heavy atom. The van der Waals surface area contributed by atoms with Crippen molar-refractivity contribution in [3.05, 3.63) is 0 Å². The Labute approximate surface area is 105 Å². The van der Waals surface area contributed by atoms with Crippen LogP contribution in [0.5, 0.6) is 0 Å². The molecular weight excluding hydrogens is 255 g/mol. The second-order valence-electron chi connectivity index (χ2n) is 3.31. The van der Waals surface area contributed by atoms with E-state index in [2.05, 4.69) is 0 Å². The molecule has 15 heavy (non-hydrogen) atoms. The molecule has 92 valence electrons. The average Bonchev–Trinajstić information content (AvgIpc) is 2.22. The number of halogens is 2. The Kier molecular flexibility index (Phi) is 9.18. The van der Waals surface area contributed by atoms with Crippen molar-refractivity contribution in [1.29, 1.82) is 0 Å². The van der Waals surface area contributed by atoms with Crippen molar-refractivity contribution in [3.8, 4) is 0 Å². The van der Waals surface area contributed by atoms with Crippen molar-refractivity contribution in [2.75, 3.05) is 19.8 Å². The second-order valence-corrected chi connectivity index (χ2v) is 5.52. The summed E-state index contributed by atoms with van der Waals surface area (Å²) in [5.41, 5.74) is 0. The van der Waals surface area contributed by atoms with Crippen molar-refractivity contribution in [2.24, 2.45) is 0 Å². The molecule has 0 bridgehead atoms. The van der Waals surface area contributed by atoms with Crippen LogP contribution in [0.3, 0.4) is 0 Å². The number of hydrogen-bond acceptors (Lipinski definition) is 3. The molecule has 0 N–H and O–H groups in total.